The van der Waals surface area contributed by atoms with Crippen molar-refractivity contribution in [2.75, 3.05) is 33.3 Å². The molecule has 3 aromatic rings. The van der Waals surface area contributed by atoms with Gasteiger partial charge < -0.3 is 25.7 Å². The Labute approximate surface area is 206 Å². The predicted octanol–water partition coefficient (Wildman–Crippen LogP) is 3.63. The molecule has 1 amide bonds. The highest BCUT2D eigenvalue weighted by Crippen LogP contribution is 2.19. The molecule has 1 aromatic heterocycles. The maximum atomic E-state index is 12.3. The summed E-state index contributed by atoms with van der Waals surface area (Å²) in [7, 11) is 1.59. The van der Waals surface area contributed by atoms with Gasteiger partial charge >= 0.3 is 0 Å². The number of nitrogens with one attached hydrogen (secondary N) is 4. The molecule has 32 heavy (non-hydrogen) atoms. The van der Waals surface area contributed by atoms with Gasteiger partial charge in [0.2, 0.25) is 0 Å². The van der Waals surface area contributed by atoms with Gasteiger partial charge in [-0.1, -0.05) is 18.2 Å². The lowest BCUT2D eigenvalue weighted by molar-refractivity contribution is 0.0954. The predicted molar refractivity (Wildman–Crippen MR) is 141 cm³/mol. The first-order valence-corrected chi connectivity index (χ1v) is 10.6. The number of nitrogens with zero attached hydrogens (tertiary/aromatic N) is 1. The third-order valence-corrected chi connectivity index (χ3v) is 4.95. The van der Waals surface area contributed by atoms with Gasteiger partial charge in [0.05, 0.1) is 7.11 Å². The molecule has 2 aromatic carbocycles. The third-order valence-electron chi connectivity index (χ3n) is 4.95. The van der Waals surface area contributed by atoms with Crippen LogP contribution in [-0.4, -0.2) is 50.1 Å². The molecule has 172 valence electrons. The molecule has 0 radical (unpaired) electrons. The number of aliphatic imine (C=N–C) groups is 1. The van der Waals surface area contributed by atoms with E-state index in [1.807, 2.05) is 13.0 Å². The lowest BCUT2D eigenvalue weighted by Gasteiger charge is -2.12. The summed E-state index contributed by atoms with van der Waals surface area (Å²) in [5, 5.41) is 10.7. The number of carbonyl (C=O) groups excluding carboxylic acids is 1. The van der Waals surface area contributed by atoms with E-state index >= 15 is 0 Å². The van der Waals surface area contributed by atoms with E-state index < -0.39 is 0 Å². The zero-order chi connectivity index (χ0) is 22.1. The van der Waals surface area contributed by atoms with Crippen molar-refractivity contribution in [3.8, 4) is 5.75 Å². The van der Waals surface area contributed by atoms with Crippen molar-refractivity contribution in [2.24, 2.45) is 4.99 Å². The van der Waals surface area contributed by atoms with E-state index in [0.29, 0.717) is 30.9 Å². The molecule has 3 rings (SSSR count). The molecule has 4 N–H and O–H groups in total. The molecule has 0 aliphatic carbocycles. The van der Waals surface area contributed by atoms with Crippen LogP contribution in [0.2, 0.25) is 0 Å². The van der Waals surface area contributed by atoms with Crippen molar-refractivity contribution >= 4 is 46.7 Å². The zero-order valence-electron chi connectivity index (χ0n) is 18.8. The number of aryl methyl sites for hydroxylation is 1. The largest absolute Gasteiger partial charge is 0.497 e. The fraction of sp³-hybridized carbons (Fsp3) is 0.333. The second-order valence-electron chi connectivity index (χ2n) is 7.29. The highest BCUT2D eigenvalue weighted by molar-refractivity contribution is 14.0. The Morgan fingerprint density at radius 1 is 1.09 bits per heavy atom. The molecular formula is C24H32IN5O2. The van der Waals surface area contributed by atoms with Crippen LogP contribution >= 0.6 is 24.0 Å². The second kappa shape index (κ2) is 12.9. The number of aromatic nitrogens is 1. The first-order valence-electron chi connectivity index (χ1n) is 10.6. The molecule has 1 heterocycles. The quantitative estimate of drug-likeness (QED) is 0.142. The highest BCUT2D eigenvalue weighted by atomic mass is 127. The number of carbonyl (C=O) groups is 1. The minimum Gasteiger partial charge on any atom is -0.497 e. The molecule has 0 saturated heterocycles. The summed E-state index contributed by atoms with van der Waals surface area (Å²) in [4.78, 5) is 20.3. The van der Waals surface area contributed by atoms with Crippen LogP contribution in [0.25, 0.3) is 10.9 Å². The van der Waals surface area contributed by atoms with Crippen LogP contribution in [0.5, 0.6) is 5.75 Å². The van der Waals surface area contributed by atoms with Crippen LogP contribution in [-0.2, 0) is 6.42 Å². The number of hydrogen-bond acceptors (Lipinski definition) is 3. The standard InChI is InChI=1S/C24H31N5O2.HI/c1-4-25-24(27-11-10-19-16-29-22-14-17(2)8-9-21(19)22)28-13-12-26-23(30)18-6-5-7-20(15-18)31-3;/h5-9,14-16,29H,4,10-13H2,1-3H3,(H,26,30)(H2,25,27,28);1H. The SMILES string of the molecule is CCNC(=NCCc1c[nH]c2cc(C)ccc12)NCCNC(=O)c1cccc(OC)c1.I. The highest BCUT2D eigenvalue weighted by Gasteiger charge is 2.07. The first-order chi connectivity index (χ1) is 15.1. The topological polar surface area (TPSA) is 90.5 Å². The van der Waals surface area contributed by atoms with Gasteiger partial charge in [-0.15, -0.1) is 24.0 Å². The molecule has 0 atom stereocenters. The Balaban J connectivity index is 0.00000363. The number of ether oxygens (including phenoxy) is 1. The fourth-order valence-electron chi connectivity index (χ4n) is 3.36. The number of guanidine groups is 1. The molecule has 8 heteroatoms. The van der Waals surface area contributed by atoms with Crippen molar-refractivity contribution in [3.63, 3.8) is 0 Å². The number of methoxy groups -OCH3 is 1. The number of rotatable bonds is 9. The molecular weight excluding hydrogens is 517 g/mol. The summed E-state index contributed by atoms with van der Waals surface area (Å²) >= 11 is 0. The van der Waals surface area contributed by atoms with Gasteiger partial charge in [-0.05, 0) is 55.7 Å². The summed E-state index contributed by atoms with van der Waals surface area (Å²) in [5.74, 6) is 1.28. The fourth-order valence-corrected chi connectivity index (χ4v) is 3.36. The minimum atomic E-state index is -0.128. The number of hydrogen-bond donors (Lipinski definition) is 4. The Hall–Kier alpha value is -2.75. The van der Waals surface area contributed by atoms with Crippen molar-refractivity contribution in [2.45, 2.75) is 20.3 Å². The molecule has 0 spiro atoms. The Morgan fingerprint density at radius 3 is 2.69 bits per heavy atom. The van der Waals surface area contributed by atoms with E-state index in [0.717, 1.165) is 24.4 Å². The molecule has 0 saturated carbocycles. The maximum absolute atomic E-state index is 12.3. The number of fused-ring (bicyclic) bond motifs is 1. The lowest BCUT2D eigenvalue weighted by Crippen LogP contribution is -2.41. The summed E-state index contributed by atoms with van der Waals surface area (Å²) in [5.41, 5.74) is 4.25. The lowest BCUT2D eigenvalue weighted by atomic mass is 10.1. The van der Waals surface area contributed by atoms with Crippen LogP contribution in [0.1, 0.15) is 28.4 Å². The molecule has 0 unspecified atom stereocenters. The van der Waals surface area contributed by atoms with Gasteiger partial charge in [0, 0.05) is 48.8 Å². The van der Waals surface area contributed by atoms with Crippen molar-refractivity contribution in [3.05, 3.63) is 65.4 Å². The first kappa shape index (κ1) is 25.5. The maximum Gasteiger partial charge on any atom is 0.251 e. The Bertz CT molecular complexity index is 1050. The van der Waals surface area contributed by atoms with Gasteiger partial charge in [0.25, 0.3) is 5.91 Å². The molecule has 0 aliphatic heterocycles. The summed E-state index contributed by atoms with van der Waals surface area (Å²) in [6.07, 6.45) is 2.92. The van der Waals surface area contributed by atoms with Crippen molar-refractivity contribution < 1.29 is 9.53 Å². The number of benzene rings is 2. The minimum absolute atomic E-state index is 0. The van der Waals surface area contributed by atoms with Crippen LogP contribution in [0.15, 0.2) is 53.7 Å². The van der Waals surface area contributed by atoms with E-state index in [2.05, 4.69) is 57.2 Å². The average Bonchev–Trinajstić information content (AvgIpc) is 3.18. The third kappa shape index (κ3) is 7.15. The number of H-pyrrole nitrogens is 1. The van der Waals surface area contributed by atoms with E-state index in [1.54, 1.807) is 25.3 Å². The number of aromatic amines is 1. The normalized spacial score (nSPS) is 11.0. The summed E-state index contributed by atoms with van der Waals surface area (Å²) in [6.45, 7) is 6.64. The smallest absolute Gasteiger partial charge is 0.251 e. The Kier molecular flexibility index (Phi) is 10.3. The van der Waals surface area contributed by atoms with Crippen molar-refractivity contribution in [1.82, 2.24) is 20.9 Å². The van der Waals surface area contributed by atoms with Gasteiger partial charge in [0.1, 0.15) is 5.75 Å². The van der Waals surface area contributed by atoms with Gasteiger partial charge in [0.15, 0.2) is 5.96 Å². The van der Waals surface area contributed by atoms with Gasteiger partial charge in [-0.2, -0.15) is 0 Å². The monoisotopic (exact) mass is 549 g/mol. The molecule has 7 nitrogen and oxygen atoms in total. The summed E-state index contributed by atoms with van der Waals surface area (Å²) < 4.78 is 5.16. The number of amides is 1. The van der Waals surface area contributed by atoms with E-state index in [-0.39, 0.29) is 29.9 Å². The zero-order valence-corrected chi connectivity index (χ0v) is 21.2. The molecule has 0 bridgehead atoms. The van der Waals surface area contributed by atoms with Crippen LogP contribution < -0.4 is 20.7 Å². The molecule has 0 aliphatic rings. The van der Waals surface area contributed by atoms with Crippen LogP contribution in [0.3, 0.4) is 0 Å². The average molecular weight is 549 g/mol. The Morgan fingerprint density at radius 2 is 1.91 bits per heavy atom. The van der Waals surface area contributed by atoms with E-state index in [1.165, 1.54) is 16.5 Å². The van der Waals surface area contributed by atoms with Gasteiger partial charge in [-0.25, -0.2) is 0 Å². The summed E-state index contributed by atoms with van der Waals surface area (Å²) in [6, 6.07) is 13.6. The van der Waals surface area contributed by atoms with Gasteiger partial charge in [-0.3, -0.25) is 9.79 Å². The van der Waals surface area contributed by atoms with Crippen LogP contribution in [0.4, 0.5) is 0 Å². The van der Waals surface area contributed by atoms with Crippen molar-refractivity contribution in [1.29, 1.82) is 0 Å². The van der Waals surface area contributed by atoms with E-state index in [9.17, 15) is 4.79 Å². The van der Waals surface area contributed by atoms with Crippen LogP contribution in [0, 0.1) is 6.92 Å². The number of halogens is 1. The van der Waals surface area contributed by atoms with E-state index in [4.69, 9.17) is 4.74 Å². The molecule has 0 fully saturated rings. The second-order valence-corrected chi connectivity index (χ2v) is 7.29.